The quantitative estimate of drug-likeness (QED) is 0.462. The normalized spacial score (nSPS) is 16.2. The molecule has 1 aromatic carbocycles. The van der Waals surface area contributed by atoms with E-state index in [0.29, 0.717) is 35.1 Å². The monoisotopic (exact) mass is 478 g/mol. The molecule has 0 spiro atoms. The molecule has 1 atom stereocenters. The Kier molecular flexibility index (Phi) is 5.48. The lowest BCUT2D eigenvalue weighted by atomic mass is 10.0. The minimum Gasteiger partial charge on any atom is -0.455 e. The molecule has 5 rings (SSSR count). The molecule has 1 aliphatic heterocycles. The van der Waals surface area contributed by atoms with Gasteiger partial charge in [0.2, 0.25) is 5.91 Å². The topological polar surface area (TPSA) is 131 Å². The molecule has 1 amide bonds. The van der Waals surface area contributed by atoms with Crippen LogP contribution >= 0.6 is 0 Å². The van der Waals surface area contributed by atoms with Gasteiger partial charge in [-0.05, 0) is 31.0 Å². The first-order valence-electron chi connectivity index (χ1n) is 10.7. The highest BCUT2D eigenvalue weighted by Crippen LogP contribution is 2.40. The Hall–Kier alpha value is -3.86. The maximum Gasteiger partial charge on any atom is 0.219 e. The summed E-state index contributed by atoms with van der Waals surface area (Å²) >= 11 is 0. The van der Waals surface area contributed by atoms with Crippen molar-refractivity contribution in [3.8, 4) is 23.0 Å². The van der Waals surface area contributed by atoms with Crippen LogP contribution in [0.2, 0.25) is 0 Å². The summed E-state index contributed by atoms with van der Waals surface area (Å²) in [5.41, 5.74) is 2.88. The standard InChI is InChI=1S/C23H22N6O4S/c1-14(30)29-9-3-4-20(29)16-10-17-18(28-23(27-17)19-13-24-7-8-25-19)11-21(16)33-15-5-6-22(26-12-15)34(2,31)32/h5-8,10-13,20H,3-4,9H2,1-2H3,(H,27,28). The van der Waals surface area contributed by atoms with Crippen LogP contribution in [0.25, 0.3) is 22.6 Å². The Morgan fingerprint density at radius 3 is 2.71 bits per heavy atom. The molecular formula is C23H22N6O4S. The first-order chi connectivity index (χ1) is 16.3. The summed E-state index contributed by atoms with van der Waals surface area (Å²) in [6, 6.07) is 6.57. The maximum absolute atomic E-state index is 12.3. The molecule has 34 heavy (non-hydrogen) atoms. The molecule has 174 valence electrons. The fourth-order valence-corrected chi connectivity index (χ4v) is 4.75. The van der Waals surface area contributed by atoms with Gasteiger partial charge < -0.3 is 14.6 Å². The van der Waals surface area contributed by atoms with E-state index < -0.39 is 9.84 Å². The fraction of sp³-hybridized carbons (Fsp3) is 0.261. The molecule has 1 saturated heterocycles. The molecule has 4 aromatic rings. The lowest BCUT2D eigenvalue weighted by molar-refractivity contribution is -0.129. The molecule has 3 aromatic heterocycles. The summed E-state index contributed by atoms with van der Waals surface area (Å²) in [5.74, 6) is 1.47. The smallest absolute Gasteiger partial charge is 0.219 e. The third-order valence-corrected chi connectivity index (χ3v) is 6.75. The third-order valence-electron chi connectivity index (χ3n) is 5.75. The Labute approximate surface area is 196 Å². The highest BCUT2D eigenvalue weighted by molar-refractivity contribution is 7.90. The number of H-pyrrole nitrogens is 1. The van der Waals surface area contributed by atoms with E-state index in [4.69, 9.17) is 4.74 Å². The largest absolute Gasteiger partial charge is 0.455 e. The van der Waals surface area contributed by atoms with E-state index in [1.54, 1.807) is 31.6 Å². The zero-order chi connectivity index (χ0) is 23.9. The van der Waals surface area contributed by atoms with E-state index in [1.807, 2.05) is 17.0 Å². The predicted octanol–water partition coefficient (Wildman–Crippen LogP) is 3.29. The van der Waals surface area contributed by atoms with E-state index in [1.165, 1.54) is 12.3 Å². The lowest BCUT2D eigenvalue weighted by Gasteiger charge is -2.25. The second kappa shape index (κ2) is 8.49. The minimum atomic E-state index is -3.42. The first-order valence-corrected chi connectivity index (χ1v) is 12.6. The number of amides is 1. The van der Waals surface area contributed by atoms with E-state index in [0.717, 1.165) is 30.2 Å². The second-order valence-electron chi connectivity index (χ2n) is 8.16. The summed E-state index contributed by atoms with van der Waals surface area (Å²) in [6.07, 6.45) is 8.98. The summed E-state index contributed by atoms with van der Waals surface area (Å²) in [4.78, 5) is 34.4. The van der Waals surface area contributed by atoms with E-state index in [9.17, 15) is 13.2 Å². The van der Waals surface area contributed by atoms with Crippen LogP contribution in [0.1, 0.15) is 31.4 Å². The average molecular weight is 479 g/mol. The molecule has 0 bridgehead atoms. The molecule has 1 fully saturated rings. The third kappa shape index (κ3) is 4.21. The number of hydrogen-bond donors (Lipinski definition) is 1. The van der Waals surface area contributed by atoms with Crippen LogP contribution in [0, 0.1) is 0 Å². The number of carbonyl (C=O) groups is 1. The van der Waals surface area contributed by atoms with Crippen molar-refractivity contribution < 1.29 is 17.9 Å². The Balaban J connectivity index is 1.59. The van der Waals surface area contributed by atoms with Crippen LogP contribution in [0.4, 0.5) is 0 Å². The number of fused-ring (bicyclic) bond motifs is 1. The van der Waals surface area contributed by atoms with Gasteiger partial charge in [0.1, 0.15) is 17.2 Å². The van der Waals surface area contributed by atoms with Crippen molar-refractivity contribution in [3.05, 3.63) is 54.6 Å². The van der Waals surface area contributed by atoms with Gasteiger partial charge in [0.15, 0.2) is 20.7 Å². The molecule has 0 radical (unpaired) electrons. The molecule has 11 heteroatoms. The first kappa shape index (κ1) is 22.0. The minimum absolute atomic E-state index is 0.00224. The Bertz CT molecular complexity index is 1470. The Morgan fingerprint density at radius 1 is 1.18 bits per heavy atom. The highest BCUT2D eigenvalue weighted by atomic mass is 32.2. The van der Waals surface area contributed by atoms with Crippen LogP contribution in [-0.2, 0) is 14.6 Å². The van der Waals surface area contributed by atoms with Crippen molar-refractivity contribution in [3.63, 3.8) is 0 Å². The number of benzene rings is 1. The lowest BCUT2D eigenvalue weighted by Crippen LogP contribution is -2.28. The van der Waals surface area contributed by atoms with Crippen LogP contribution in [0.3, 0.4) is 0 Å². The molecule has 0 aliphatic carbocycles. The molecule has 1 aliphatic rings. The number of imidazole rings is 1. The van der Waals surface area contributed by atoms with Gasteiger partial charge in [0, 0.05) is 43.7 Å². The molecule has 4 heterocycles. The van der Waals surface area contributed by atoms with Crippen LogP contribution < -0.4 is 4.74 Å². The summed E-state index contributed by atoms with van der Waals surface area (Å²) in [5, 5.41) is -0.0324. The van der Waals surface area contributed by atoms with Gasteiger partial charge in [-0.2, -0.15) is 0 Å². The molecule has 10 nitrogen and oxygen atoms in total. The number of aromatic amines is 1. The van der Waals surface area contributed by atoms with E-state index in [2.05, 4.69) is 24.9 Å². The molecule has 1 N–H and O–H groups in total. The Morgan fingerprint density at radius 2 is 2.03 bits per heavy atom. The fourth-order valence-electron chi connectivity index (χ4n) is 4.19. The number of nitrogens with zero attached hydrogens (tertiary/aromatic N) is 5. The zero-order valence-electron chi connectivity index (χ0n) is 18.6. The van der Waals surface area contributed by atoms with Crippen molar-refractivity contribution in [1.82, 2.24) is 29.8 Å². The van der Waals surface area contributed by atoms with Gasteiger partial charge in [-0.25, -0.2) is 23.4 Å². The molecular weight excluding hydrogens is 456 g/mol. The number of rotatable bonds is 5. The number of aromatic nitrogens is 5. The van der Waals surface area contributed by atoms with Crippen LogP contribution in [0.5, 0.6) is 11.5 Å². The van der Waals surface area contributed by atoms with Crippen LogP contribution in [0.15, 0.2) is 54.1 Å². The highest BCUT2D eigenvalue weighted by Gasteiger charge is 2.31. The number of carbonyl (C=O) groups excluding carboxylic acids is 1. The summed E-state index contributed by atoms with van der Waals surface area (Å²) in [6.45, 7) is 2.24. The van der Waals surface area contributed by atoms with Crippen molar-refractivity contribution >= 4 is 26.8 Å². The van der Waals surface area contributed by atoms with E-state index in [-0.39, 0.29) is 17.0 Å². The van der Waals surface area contributed by atoms with Crippen molar-refractivity contribution in [2.24, 2.45) is 0 Å². The second-order valence-corrected chi connectivity index (χ2v) is 10.1. The van der Waals surface area contributed by atoms with Gasteiger partial charge in [-0.1, -0.05) is 0 Å². The number of likely N-dealkylation sites (tertiary alicyclic amines) is 1. The number of ether oxygens (including phenoxy) is 1. The number of sulfone groups is 1. The van der Waals surface area contributed by atoms with Gasteiger partial charge in [0.25, 0.3) is 0 Å². The van der Waals surface area contributed by atoms with Gasteiger partial charge in [0.05, 0.1) is 29.5 Å². The van der Waals surface area contributed by atoms with Crippen molar-refractivity contribution in [1.29, 1.82) is 0 Å². The van der Waals surface area contributed by atoms with Gasteiger partial charge in [-0.3, -0.25) is 9.78 Å². The summed E-state index contributed by atoms with van der Waals surface area (Å²) in [7, 11) is -3.42. The predicted molar refractivity (Wildman–Crippen MR) is 124 cm³/mol. The van der Waals surface area contributed by atoms with Crippen molar-refractivity contribution in [2.45, 2.75) is 30.8 Å². The van der Waals surface area contributed by atoms with E-state index >= 15 is 0 Å². The van der Waals surface area contributed by atoms with Gasteiger partial charge in [-0.15, -0.1) is 0 Å². The number of hydrogen-bond acceptors (Lipinski definition) is 8. The average Bonchev–Trinajstić information content (AvgIpc) is 3.46. The van der Waals surface area contributed by atoms with Crippen molar-refractivity contribution in [2.75, 3.05) is 12.8 Å². The molecule has 1 unspecified atom stereocenters. The summed E-state index contributed by atoms with van der Waals surface area (Å²) < 4.78 is 29.6. The van der Waals surface area contributed by atoms with Crippen LogP contribution in [-0.4, -0.2) is 56.9 Å². The number of pyridine rings is 1. The maximum atomic E-state index is 12.3. The van der Waals surface area contributed by atoms with Gasteiger partial charge >= 0.3 is 0 Å². The molecule has 0 saturated carbocycles. The SMILES string of the molecule is CC(=O)N1CCCC1c1cc2[nH]c(-c3cnccn3)nc2cc1Oc1ccc(S(C)(=O)=O)nc1. The zero-order valence-corrected chi connectivity index (χ0v) is 19.4. The number of nitrogens with one attached hydrogen (secondary N) is 1.